The lowest BCUT2D eigenvalue weighted by molar-refractivity contribution is 0.146. The summed E-state index contributed by atoms with van der Waals surface area (Å²) < 4.78 is 10.4. The molecule has 0 aliphatic carbocycles. The fourth-order valence-electron chi connectivity index (χ4n) is 1.62. The van der Waals surface area contributed by atoms with E-state index in [9.17, 15) is 0 Å². The normalized spacial score (nSPS) is 10.4. The molecule has 2 N–H and O–H groups in total. The van der Waals surface area contributed by atoms with Gasteiger partial charge in [0.05, 0.1) is 18.8 Å². The molecule has 0 atom stereocenters. The van der Waals surface area contributed by atoms with Crippen LogP contribution < -0.4 is 10.5 Å². The molecule has 5 heteroatoms. The van der Waals surface area contributed by atoms with Crippen molar-refractivity contribution >= 4 is 0 Å². The van der Waals surface area contributed by atoms with Crippen LogP contribution in [0.15, 0.2) is 36.5 Å². The van der Waals surface area contributed by atoms with Gasteiger partial charge in [-0.3, -0.25) is 0 Å². The molecule has 2 aromatic rings. The minimum atomic E-state index is 0.339. The van der Waals surface area contributed by atoms with E-state index in [1.165, 1.54) is 0 Å². The molecule has 2 rings (SSSR count). The first-order valence-corrected chi connectivity index (χ1v) is 6.07. The minimum Gasteiger partial charge on any atom is -0.491 e. The largest absolute Gasteiger partial charge is 0.491 e. The predicted molar refractivity (Wildman–Crippen MR) is 72.7 cm³/mol. The summed E-state index contributed by atoms with van der Waals surface area (Å²) >= 11 is 0. The van der Waals surface area contributed by atoms with Gasteiger partial charge in [-0.2, -0.15) is 0 Å². The molecular weight excluding hydrogens is 242 g/mol. The van der Waals surface area contributed by atoms with Crippen molar-refractivity contribution in [2.75, 3.05) is 20.3 Å². The average Bonchev–Trinajstić information content (AvgIpc) is 2.48. The Kier molecular flexibility index (Phi) is 4.83. The molecule has 0 saturated heterocycles. The van der Waals surface area contributed by atoms with Gasteiger partial charge in [0.25, 0.3) is 0 Å². The number of nitrogens with zero attached hydrogens (tertiary/aromatic N) is 2. The van der Waals surface area contributed by atoms with E-state index >= 15 is 0 Å². The maximum Gasteiger partial charge on any atom is 0.142 e. The van der Waals surface area contributed by atoms with E-state index in [1.54, 1.807) is 13.3 Å². The zero-order chi connectivity index (χ0) is 13.5. The standard InChI is InChI=1S/C14H17N3O2/c1-18-8-9-19-12-4-2-11(3-5-12)13-6-7-16-14(10-15)17-13/h2-7H,8-10,15H2,1H3. The predicted octanol–water partition coefficient (Wildman–Crippen LogP) is 1.63. The van der Waals surface area contributed by atoms with Crippen molar-refractivity contribution in [3.8, 4) is 17.0 Å². The van der Waals surface area contributed by atoms with Crippen LogP contribution in [0.3, 0.4) is 0 Å². The molecule has 1 heterocycles. The fourth-order valence-corrected chi connectivity index (χ4v) is 1.62. The quantitative estimate of drug-likeness (QED) is 0.798. The summed E-state index contributed by atoms with van der Waals surface area (Å²) in [5.74, 6) is 1.45. The van der Waals surface area contributed by atoms with Crippen LogP contribution >= 0.6 is 0 Å². The van der Waals surface area contributed by atoms with Crippen molar-refractivity contribution in [2.24, 2.45) is 5.73 Å². The highest BCUT2D eigenvalue weighted by molar-refractivity contribution is 5.59. The van der Waals surface area contributed by atoms with Crippen LogP contribution in [-0.4, -0.2) is 30.3 Å². The second-order valence-corrected chi connectivity index (χ2v) is 3.93. The van der Waals surface area contributed by atoms with Crippen molar-refractivity contribution < 1.29 is 9.47 Å². The van der Waals surface area contributed by atoms with Gasteiger partial charge in [-0.1, -0.05) is 0 Å². The first-order valence-electron chi connectivity index (χ1n) is 6.07. The summed E-state index contributed by atoms with van der Waals surface area (Å²) in [6.45, 7) is 1.46. The smallest absolute Gasteiger partial charge is 0.142 e. The van der Waals surface area contributed by atoms with E-state index in [1.807, 2.05) is 30.3 Å². The number of aromatic nitrogens is 2. The van der Waals surface area contributed by atoms with E-state index in [-0.39, 0.29) is 0 Å². The van der Waals surface area contributed by atoms with E-state index < -0.39 is 0 Å². The van der Waals surface area contributed by atoms with Crippen LogP contribution in [0.5, 0.6) is 5.75 Å². The number of benzene rings is 1. The highest BCUT2D eigenvalue weighted by Crippen LogP contribution is 2.20. The number of methoxy groups -OCH3 is 1. The summed E-state index contributed by atoms with van der Waals surface area (Å²) in [4.78, 5) is 8.45. The molecule has 5 nitrogen and oxygen atoms in total. The average molecular weight is 259 g/mol. The second kappa shape index (κ2) is 6.82. The van der Waals surface area contributed by atoms with Crippen molar-refractivity contribution in [1.82, 2.24) is 9.97 Å². The van der Waals surface area contributed by atoms with Gasteiger partial charge < -0.3 is 15.2 Å². The Balaban J connectivity index is 2.08. The summed E-state index contributed by atoms with van der Waals surface area (Å²) in [7, 11) is 1.65. The molecule has 1 aromatic carbocycles. The van der Waals surface area contributed by atoms with Gasteiger partial charge in [0.15, 0.2) is 0 Å². The summed E-state index contributed by atoms with van der Waals surface area (Å²) in [5, 5.41) is 0. The number of nitrogens with two attached hydrogens (primary N) is 1. The molecule has 0 bridgehead atoms. The van der Waals surface area contributed by atoms with Gasteiger partial charge in [0, 0.05) is 18.9 Å². The van der Waals surface area contributed by atoms with Gasteiger partial charge >= 0.3 is 0 Å². The number of rotatable bonds is 6. The minimum absolute atomic E-state index is 0.339. The third kappa shape index (κ3) is 3.74. The Hall–Kier alpha value is -1.98. The van der Waals surface area contributed by atoms with E-state index in [0.717, 1.165) is 17.0 Å². The van der Waals surface area contributed by atoms with Gasteiger partial charge in [0.2, 0.25) is 0 Å². The first kappa shape index (κ1) is 13.5. The maximum atomic E-state index is 5.53. The lowest BCUT2D eigenvalue weighted by Gasteiger charge is -2.07. The molecule has 100 valence electrons. The van der Waals surface area contributed by atoms with Crippen molar-refractivity contribution in [3.63, 3.8) is 0 Å². The van der Waals surface area contributed by atoms with Crippen molar-refractivity contribution in [3.05, 3.63) is 42.4 Å². The molecule has 0 saturated carbocycles. The molecule has 1 aromatic heterocycles. The number of hydrogen-bond donors (Lipinski definition) is 1. The highest BCUT2D eigenvalue weighted by Gasteiger charge is 2.02. The Bertz CT molecular complexity index is 514. The van der Waals surface area contributed by atoms with Crippen LogP contribution in [0.4, 0.5) is 0 Å². The Morgan fingerprint density at radius 3 is 2.58 bits per heavy atom. The highest BCUT2D eigenvalue weighted by atomic mass is 16.5. The maximum absolute atomic E-state index is 5.53. The van der Waals surface area contributed by atoms with Crippen molar-refractivity contribution in [2.45, 2.75) is 6.54 Å². The summed E-state index contributed by atoms with van der Waals surface area (Å²) in [6, 6.07) is 9.61. The molecule has 0 spiro atoms. The summed E-state index contributed by atoms with van der Waals surface area (Å²) in [6.07, 6.45) is 1.72. The topological polar surface area (TPSA) is 70.3 Å². The van der Waals surface area contributed by atoms with Crippen LogP contribution in [-0.2, 0) is 11.3 Å². The first-order chi connectivity index (χ1) is 9.33. The molecular formula is C14H17N3O2. The molecule has 19 heavy (non-hydrogen) atoms. The van der Waals surface area contributed by atoms with Gasteiger partial charge in [-0.25, -0.2) is 9.97 Å². The molecule has 0 unspecified atom stereocenters. The second-order valence-electron chi connectivity index (χ2n) is 3.93. The third-order valence-electron chi connectivity index (χ3n) is 2.59. The van der Waals surface area contributed by atoms with Crippen LogP contribution in [0.1, 0.15) is 5.82 Å². The van der Waals surface area contributed by atoms with E-state index in [4.69, 9.17) is 15.2 Å². The molecule has 0 aliphatic rings. The van der Waals surface area contributed by atoms with E-state index in [2.05, 4.69) is 9.97 Å². The molecule has 0 aliphatic heterocycles. The molecule has 0 radical (unpaired) electrons. The lowest BCUT2D eigenvalue weighted by Crippen LogP contribution is -2.04. The fraction of sp³-hybridized carbons (Fsp3) is 0.286. The zero-order valence-electron chi connectivity index (χ0n) is 10.9. The van der Waals surface area contributed by atoms with Gasteiger partial charge in [-0.05, 0) is 30.3 Å². The zero-order valence-corrected chi connectivity index (χ0v) is 10.9. The molecule has 0 amide bonds. The van der Waals surface area contributed by atoms with Crippen LogP contribution in [0, 0.1) is 0 Å². The lowest BCUT2D eigenvalue weighted by atomic mass is 10.1. The van der Waals surface area contributed by atoms with Gasteiger partial charge in [-0.15, -0.1) is 0 Å². The Morgan fingerprint density at radius 1 is 1.11 bits per heavy atom. The summed E-state index contributed by atoms with van der Waals surface area (Å²) in [5.41, 5.74) is 7.40. The molecule has 0 fully saturated rings. The number of hydrogen-bond acceptors (Lipinski definition) is 5. The Morgan fingerprint density at radius 2 is 1.89 bits per heavy atom. The van der Waals surface area contributed by atoms with Crippen molar-refractivity contribution in [1.29, 1.82) is 0 Å². The number of ether oxygens (including phenoxy) is 2. The van der Waals surface area contributed by atoms with Crippen LogP contribution in [0.25, 0.3) is 11.3 Å². The SMILES string of the molecule is COCCOc1ccc(-c2ccnc(CN)n2)cc1. The third-order valence-corrected chi connectivity index (χ3v) is 2.59. The van der Waals surface area contributed by atoms with Gasteiger partial charge in [0.1, 0.15) is 18.2 Å². The van der Waals surface area contributed by atoms with E-state index in [0.29, 0.717) is 25.6 Å². The Labute approximate surface area is 112 Å². The monoisotopic (exact) mass is 259 g/mol. The van der Waals surface area contributed by atoms with Crippen LogP contribution in [0.2, 0.25) is 0 Å².